The summed E-state index contributed by atoms with van der Waals surface area (Å²) < 4.78 is 0. The first-order valence-electron chi connectivity index (χ1n) is 7.88. The summed E-state index contributed by atoms with van der Waals surface area (Å²) in [4.78, 5) is 14.3. The molecule has 0 radical (unpaired) electrons. The zero-order valence-corrected chi connectivity index (χ0v) is 13.6. The Morgan fingerprint density at radius 2 is 2.09 bits per heavy atom. The molecule has 22 heavy (non-hydrogen) atoms. The van der Waals surface area contributed by atoms with E-state index in [1.807, 2.05) is 0 Å². The molecule has 1 N–H and O–H groups in total. The van der Waals surface area contributed by atoms with Gasteiger partial charge < -0.3 is 5.32 Å². The second kappa shape index (κ2) is 7.56. The first kappa shape index (κ1) is 15.3. The number of nitrogens with zero attached hydrogens (tertiary/aromatic N) is 1. The number of nitrogens with one attached hydrogen (secondary N) is 1. The molecule has 1 aliphatic heterocycles. The van der Waals surface area contributed by atoms with Gasteiger partial charge in [0.2, 0.25) is 5.91 Å². The van der Waals surface area contributed by atoms with E-state index in [0.29, 0.717) is 6.42 Å². The highest BCUT2D eigenvalue weighted by Crippen LogP contribution is 2.17. The van der Waals surface area contributed by atoms with Gasteiger partial charge in [0.25, 0.3) is 0 Å². The molecule has 116 valence electrons. The van der Waals surface area contributed by atoms with Crippen molar-refractivity contribution in [2.24, 2.45) is 0 Å². The number of amides is 1. The van der Waals surface area contributed by atoms with Gasteiger partial charge in [0.05, 0.1) is 0 Å². The molecular weight excluding hydrogens is 292 g/mol. The molecule has 0 atom stereocenters. The van der Waals surface area contributed by atoms with E-state index in [1.165, 1.54) is 16.7 Å². The number of benzene rings is 1. The molecule has 3 nitrogen and oxygen atoms in total. The lowest BCUT2D eigenvalue weighted by Crippen LogP contribution is -2.37. The highest BCUT2D eigenvalue weighted by Gasteiger charge is 2.15. The van der Waals surface area contributed by atoms with Crippen LogP contribution in [0.2, 0.25) is 0 Å². The van der Waals surface area contributed by atoms with Crippen LogP contribution in [0.4, 0.5) is 0 Å². The Morgan fingerprint density at radius 1 is 1.23 bits per heavy atom. The predicted molar refractivity (Wildman–Crippen MR) is 91.1 cm³/mol. The molecule has 0 unspecified atom stereocenters. The highest BCUT2D eigenvalue weighted by molar-refractivity contribution is 7.07. The van der Waals surface area contributed by atoms with Gasteiger partial charge in [-0.1, -0.05) is 24.3 Å². The normalized spacial score (nSPS) is 14.5. The first-order chi connectivity index (χ1) is 10.8. The molecule has 1 aromatic heterocycles. The molecule has 1 aromatic carbocycles. The fourth-order valence-electron chi connectivity index (χ4n) is 2.88. The summed E-state index contributed by atoms with van der Waals surface area (Å²) in [5.41, 5.74) is 4.16. The van der Waals surface area contributed by atoms with Crippen LogP contribution in [0.5, 0.6) is 0 Å². The summed E-state index contributed by atoms with van der Waals surface area (Å²) in [6.45, 7) is 3.76. The first-order valence-corrected chi connectivity index (χ1v) is 8.82. The number of hydrogen-bond acceptors (Lipinski definition) is 3. The summed E-state index contributed by atoms with van der Waals surface area (Å²) in [5, 5.41) is 7.21. The van der Waals surface area contributed by atoms with Crippen LogP contribution in [0.25, 0.3) is 0 Å². The Morgan fingerprint density at radius 3 is 2.91 bits per heavy atom. The molecule has 4 heteroatoms. The van der Waals surface area contributed by atoms with Crippen LogP contribution < -0.4 is 5.32 Å². The number of rotatable bonds is 6. The lowest BCUT2D eigenvalue weighted by atomic mass is 10.00. The fourth-order valence-corrected chi connectivity index (χ4v) is 3.58. The topological polar surface area (TPSA) is 32.3 Å². The second-order valence-electron chi connectivity index (χ2n) is 5.78. The van der Waals surface area contributed by atoms with E-state index in [9.17, 15) is 4.79 Å². The Bertz CT molecular complexity index is 609. The van der Waals surface area contributed by atoms with Crippen LogP contribution in [0.3, 0.4) is 0 Å². The third-order valence-electron chi connectivity index (χ3n) is 4.18. The van der Waals surface area contributed by atoms with Crippen LogP contribution in [0, 0.1) is 0 Å². The molecule has 0 saturated carbocycles. The number of aryl methyl sites for hydroxylation is 1. The number of fused-ring (bicyclic) bond motifs is 1. The molecular formula is C18H22N2OS. The van der Waals surface area contributed by atoms with Crippen LogP contribution in [-0.2, 0) is 24.2 Å². The van der Waals surface area contributed by atoms with E-state index in [2.05, 4.69) is 51.3 Å². The van der Waals surface area contributed by atoms with Gasteiger partial charge in [-0.25, -0.2) is 0 Å². The van der Waals surface area contributed by atoms with Crippen molar-refractivity contribution in [3.8, 4) is 0 Å². The Hall–Kier alpha value is -1.65. The van der Waals surface area contributed by atoms with Gasteiger partial charge in [-0.2, -0.15) is 11.3 Å². The number of carbonyl (C=O) groups is 1. The molecule has 1 aliphatic rings. The van der Waals surface area contributed by atoms with E-state index in [-0.39, 0.29) is 5.91 Å². The van der Waals surface area contributed by atoms with Crippen molar-refractivity contribution in [3.05, 3.63) is 57.8 Å². The molecule has 0 aliphatic carbocycles. The molecule has 0 bridgehead atoms. The minimum absolute atomic E-state index is 0.156. The molecule has 0 spiro atoms. The van der Waals surface area contributed by atoms with Crippen LogP contribution in [-0.4, -0.2) is 30.4 Å². The summed E-state index contributed by atoms with van der Waals surface area (Å²) in [7, 11) is 0. The summed E-state index contributed by atoms with van der Waals surface area (Å²) in [6, 6.07) is 10.7. The lowest BCUT2D eigenvalue weighted by Gasteiger charge is -2.28. The smallest absolute Gasteiger partial charge is 0.220 e. The van der Waals surface area contributed by atoms with Crippen molar-refractivity contribution >= 4 is 17.2 Å². The molecule has 2 aromatic rings. The van der Waals surface area contributed by atoms with Crippen molar-refractivity contribution < 1.29 is 4.79 Å². The average Bonchev–Trinajstić information content (AvgIpc) is 3.06. The summed E-state index contributed by atoms with van der Waals surface area (Å²) in [5.74, 6) is 0.156. The van der Waals surface area contributed by atoms with Crippen molar-refractivity contribution in [1.29, 1.82) is 0 Å². The van der Waals surface area contributed by atoms with E-state index in [1.54, 1.807) is 11.3 Å². The molecule has 0 saturated heterocycles. The summed E-state index contributed by atoms with van der Waals surface area (Å²) in [6.07, 6.45) is 2.54. The van der Waals surface area contributed by atoms with Gasteiger partial charge in [-0.05, 0) is 46.4 Å². The third kappa shape index (κ3) is 4.18. The molecule has 1 amide bonds. The standard InChI is InChI=1S/C18H22N2OS/c21-18(6-5-15-8-12-22-14-15)19-9-11-20-10-7-16-3-1-2-4-17(16)13-20/h1-4,8,12,14H,5-7,9-11,13H2,(H,19,21). The number of hydrogen-bond donors (Lipinski definition) is 1. The minimum Gasteiger partial charge on any atom is -0.355 e. The lowest BCUT2D eigenvalue weighted by molar-refractivity contribution is -0.121. The van der Waals surface area contributed by atoms with E-state index in [0.717, 1.165) is 39.0 Å². The zero-order chi connectivity index (χ0) is 15.2. The van der Waals surface area contributed by atoms with Gasteiger partial charge in [-0.15, -0.1) is 0 Å². The maximum Gasteiger partial charge on any atom is 0.220 e. The van der Waals surface area contributed by atoms with E-state index >= 15 is 0 Å². The molecule has 3 rings (SSSR count). The van der Waals surface area contributed by atoms with Gasteiger partial charge >= 0.3 is 0 Å². The van der Waals surface area contributed by atoms with E-state index in [4.69, 9.17) is 0 Å². The van der Waals surface area contributed by atoms with Gasteiger partial charge in [-0.3, -0.25) is 9.69 Å². The van der Waals surface area contributed by atoms with Gasteiger partial charge in [0.1, 0.15) is 0 Å². The zero-order valence-electron chi connectivity index (χ0n) is 12.8. The van der Waals surface area contributed by atoms with Crippen LogP contribution in [0.1, 0.15) is 23.1 Å². The van der Waals surface area contributed by atoms with Crippen LogP contribution >= 0.6 is 11.3 Å². The maximum absolute atomic E-state index is 11.9. The Labute approximate surface area is 136 Å². The third-order valence-corrected chi connectivity index (χ3v) is 4.91. The van der Waals surface area contributed by atoms with E-state index < -0.39 is 0 Å². The SMILES string of the molecule is O=C(CCc1ccsc1)NCCN1CCc2ccccc2C1. The fraction of sp³-hybridized carbons (Fsp3) is 0.389. The Balaban J connectivity index is 1.36. The monoisotopic (exact) mass is 314 g/mol. The van der Waals surface area contributed by atoms with Crippen LogP contribution in [0.15, 0.2) is 41.1 Å². The maximum atomic E-state index is 11.9. The van der Waals surface area contributed by atoms with Crippen molar-refractivity contribution in [3.63, 3.8) is 0 Å². The number of thiophene rings is 1. The van der Waals surface area contributed by atoms with Gasteiger partial charge in [0, 0.05) is 32.6 Å². The van der Waals surface area contributed by atoms with Gasteiger partial charge in [0.15, 0.2) is 0 Å². The van der Waals surface area contributed by atoms with Crippen molar-refractivity contribution in [2.45, 2.75) is 25.8 Å². The van der Waals surface area contributed by atoms with Crippen molar-refractivity contribution in [1.82, 2.24) is 10.2 Å². The largest absolute Gasteiger partial charge is 0.355 e. The Kier molecular flexibility index (Phi) is 5.24. The second-order valence-corrected chi connectivity index (χ2v) is 6.56. The molecule has 0 fully saturated rings. The number of carbonyl (C=O) groups excluding carboxylic acids is 1. The van der Waals surface area contributed by atoms with Crippen molar-refractivity contribution in [2.75, 3.05) is 19.6 Å². The minimum atomic E-state index is 0.156. The quantitative estimate of drug-likeness (QED) is 0.889. The average molecular weight is 314 g/mol. The predicted octanol–water partition coefficient (Wildman–Crippen LogP) is 2.86. The summed E-state index contributed by atoms with van der Waals surface area (Å²) >= 11 is 1.68. The molecule has 2 heterocycles. The highest BCUT2D eigenvalue weighted by atomic mass is 32.1.